The number of hydrogen-bond acceptors (Lipinski definition) is 3. The van der Waals surface area contributed by atoms with E-state index in [1.807, 2.05) is 0 Å². The lowest BCUT2D eigenvalue weighted by molar-refractivity contribution is 0.225. The number of amides is 2. The molecule has 0 radical (unpaired) electrons. The monoisotopic (exact) mass is 365 g/mol. The summed E-state index contributed by atoms with van der Waals surface area (Å²) < 4.78 is 24.8. The van der Waals surface area contributed by atoms with Crippen LogP contribution in [0.25, 0.3) is 0 Å². The summed E-state index contributed by atoms with van der Waals surface area (Å²) in [5, 5.41) is 5.90. The van der Waals surface area contributed by atoms with Crippen molar-refractivity contribution in [2.24, 2.45) is 0 Å². The zero-order chi connectivity index (χ0) is 17.9. The number of aryl methyl sites for hydroxylation is 1. The fourth-order valence-corrected chi connectivity index (χ4v) is 4.79. The van der Waals surface area contributed by atoms with Gasteiger partial charge in [0.15, 0.2) is 0 Å². The summed E-state index contributed by atoms with van der Waals surface area (Å²) in [6.45, 7) is 1.52. The van der Waals surface area contributed by atoms with E-state index in [1.54, 1.807) is 0 Å². The normalized spacial score (nSPS) is 24.4. The Kier molecular flexibility index (Phi) is 5.64. The molecule has 2 unspecified atom stereocenters. The molecule has 6 nitrogen and oxygen atoms in total. The van der Waals surface area contributed by atoms with Crippen LogP contribution in [0.1, 0.15) is 42.7 Å². The smallest absolute Gasteiger partial charge is 0.315 e. The van der Waals surface area contributed by atoms with E-state index in [1.165, 1.54) is 21.7 Å². The van der Waals surface area contributed by atoms with Gasteiger partial charge in [-0.3, -0.25) is 0 Å². The zero-order valence-electron chi connectivity index (χ0n) is 14.7. The van der Waals surface area contributed by atoms with Gasteiger partial charge in [0, 0.05) is 31.6 Å². The van der Waals surface area contributed by atoms with Crippen molar-refractivity contribution in [1.29, 1.82) is 0 Å². The quantitative estimate of drug-likeness (QED) is 0.854. The molecular weight excluding hydrogens is 338 g/mol. The molecule has 0 spiro atoms. The van der Waals surface area contributed by atoms with Crippen LogP contribution in [0.5, 0.6) is 0 Å². The van der Waals surface area contributed by atoms with E-state index in [-0.39, 0.29) is 12.1 Å². The summed E-state index contributed by atoms with van der Waals surface area (Å²) in [4.78, 5) is 12.2. The van der Waals surface area contributed by atoms with Crippen molar-refractivity contribution < 1.29 is 13.2 Å². The Morgan fingerprint density at radius 2 is 2.04 bits per heavy atom. The molecule has 0 bridgehead atoms. The van der Waals surface area contributed by atoms with Crippen molar-refractivity contribution in [3.05, 3.63) is 35.4 Å². The predicted octanol–water partition coefficient (Wildman–Crippen LogP) is 1.83. The maximum Gasteiger partial charge on any atom is 0.315 e. The van der Waals surface area contributed by atoms with Crippen molar-refractivity contribution >= 4 is 16.1 Å². The van der Waals surface area contributed by atoms with Crippen LogP contribution in [0.4, 0.5) is 4.79 Å². The molecule has 138 valence electrons. The summed E-state index contributed by atoms with van der Waals surface area (Å²) in [5.74, 6) is 0.356. The van der Waals surface area contributed by atoms with Crippen LogP contribution in [0.15, 0.2) is 24.3 Å². The highest BCUT2D eigenvalue weighted by Crippen LogP contribution is 2.30. The van der Waals surface area contributed by atoms with Crippen molar-refractivity contribution in [2.45, 2.75) is 44.1 Å². The van der Waals surface area contributed by atoms with Gasteiger partial charge in [-0.2, -0.15) is 0 Å². The molecule has 1 heterocycles. The molecule has 25 heavy (non-hydrogen) atoms. The van der Waals surface area contributed by atoms with Crippen LogP contribution in [0.2, 0.25) is 0 Å². The van der Waals surface area contributed by atoms with E-state index < -0.39 is 10.0 Å². The Hall–Kier alpha value is -1.60. The molecule has 3 rings (SSSR count). The number of nitrogens with one attached hydrogen (secondary N) is 2. The van der Waals surface area contributed by atoms with E-state index in [4.69, 9.17) is 0 Å². The summed E-state index contributed by atoms with van der Waals surface area (Å²) in [7, 11) is -3.20. The Balaban J connectivity index is 1.51. The predicted molar refractivity (Wildman–Crippen MR) is 98.1 cm³/mol. The summed E-state index contributed by atoms with van der Waals surface area (Å²) in [6.07, 6.45) is 6.15. The molecule has 1 aromatic rings. The minimum Gasteiger partial charge on any atom is -0.338 e. The summed E-state index contributed by atoms with van der Waals surface area (Å²) in [6, 6.07) is 8.12. The molecule has 0 saturated carbocycles. The van der Waals surface area contributed by atoms with Crippen LogP contribution in [0.3, 0.4) is 0 Å². The number of carbonyl (C=O) groups is 1. The molecule has 1 fully saturated rings. The Morgan fingerprint density at radius 1 is 1.24 bits per heavy atom. The third-order valence-corrected chi connectivity index (χ3v) is 6.46. The molecule has 1 aromatic carbocycles. The van der Waals surface area contributed by atoms with E-state index in [9.17, 15) is 13.2 Å². The number of fused-ring (bicyclic) bond motifs is 1. The number of nitrogens with zero attached hydrogens (tertiary/aromatic N) is 1. The number of carbonyl (C=O) groups excluding carboxylic acids is 1. The van der Waals surface area contributed by atoms with Gasteiger partial charge in [0.25, 0.3) is 0 Å². The highest BCUT2D eigenvalue weighted by Gasteiger charge is 2.27. The molecule has 2 N–H and O–H groups in total. The number of hydrogen-bond donors (Lipinski definition) is 2. The van der Waals surface area contributed by atoms with Crippen LogP contribution in [0, 0.1) is 0 Å². The van der Waals surface area contributed by atoms with Gasteiger partial charge in [0.05, 0.1) is 6.26 Å². The highest BCUT2D eigenvalue weighted by molar-refractivity contribution is 7.88. The molecule has 2 amide bonds. The maximum atomic E-state index is 12.2. The minimum absolute atomic E-state index is 0.123. The molecule has 1 aliphatic heterocycles. The first kappa shape index (κ1) is 18.2. The van der Waals surface area contributed by atoms with Gasteiger partial charge in [-0.05, 0) is 43.2 Å². The number of benzene rings is 1. The van der Waals surface area contributed by atoms with E-state index in [0.29, 0.717) is 25.6 Å². The van der Waals surface area contributed by atoms with Crippen LogP contribution >= 0.6 is 0 Å². The second-order valence-corrected chi connectivity index (χ2v) is 9.08. The van der Waals surface area contributed by atoms with Gasteiger partial charge >= 0.3 is 6.03 Å². The lowest BCUT2D eigenvalue weighted by Gasteiger charge is -2.31. The van der Waals surface area contributed by atoms with Crippen LogP contribution in [-0.4, -0.2) is 50.7 Å². The fraction of sp³-hybridized carbons (Fsp3) is 0.611. The summed E-state index contributed by atoms with van der Waals surface area (Å²) >= 11 is 0. The van der Waals surface area contributed by atoms with Gasteiger partial charge in [-0.25, -0.2) is 17.5 Å². The first-order chi connectivity index (χ1) is 11.9. The van der Waals surface area contributed by atoms with E-state index >= 15 is 0 Å². The lowest BCUT2D eigenvalue weighted by atomic mass is 9.83. The first-order valence-electron chi connectivity index (χ1n) is 9.01. The van der Waals surface area contributed by atoms with Crippen molar-refractivity contribution in [1.82, 2.24) is 14.9 Å². The van der Waals surface area contributed by atoms with Gasteiger partial charge < -0.3 is 10.6 Å². The van der Waals surface area contributed by atoms with Crippen molar-refractivity contribution in [3.8, 4) is 0 Å². The molecule has 0 aromatic heterocycles. The maximum absolute atomic E-state index is 12.2. The second kappa shape index (κ2) is 7.74. The molecular formula is C18H27N3O3S. The number of sulfonamides is 1. The molecule has 1 aliphatic carbocycles. The molecule has 2 atom stereocenters. The summed E-state index contributed by atoms with van der Waals surface area (Å²) in [5.41, 5.74) is 2.73. The fourth-order valence-electron chi connectivity index (χ4n) is 3.88. The largest absolute Gasteiger partial charge is 0.338 e. The SMILES string of the molecule is CS(=O)(=O)N1CCCC(NC(=O)NCC2CCCc3ccccc32)C1. The topological polar surface area (TPSA) is 78.5 Å². The average molecular weight is 365 g/mol. The zero-order valence-corrected chi connectivity index (χ0v) is 15.5. The molecule has 2 aliphatic rings. The number of piperidine rings is 1. The molecule has 1 saturated heterocycles. The standard InChI is InChI=1S/C18H27N3O3S/c1-25(23,24)21-11-5-9-16(13-21)20-18(22)19-12-15-8-4-7-14-6-2-3-10-17(14)15/h2-3,6,10,15-16H,4-5,7-9,11-13H2,1H3,(H2,19,20,22). The van der Waals surface area contributed by atoms with Gasteiger partial charge in [0.2, 0.25) is 10.0 Å². The first-order valence-corrected chi connectivity index (χ1v) is 10.9. The van der Waals surface area contributed by atoms with Crippen molar-refractivity contribution in [3.63, 3.8) is 0 Å². The van der Waals surface area contributed by atoms with Crippen LogP contribution in [-0.2, 0) is 16.4 Å². The number of urea groups is 1. The van der Waals surface area contributed by atoms with Gasteiger partial charge in [0.1, 0.15) is 0 Å². The Bertz CT molecular complexity index is 720. The van der Waals surface area contributed by atoms with Gasteiger partial charge in [-0.1, -0.05) is 24.3 Å². The Morgan fingerprint density at radius 3 is 2.84 bits per heavy atom. The number of rotatable bonds is 4. The average Bonchev–Trinajstić information content (AvgIpc) is 2.59. The minimum atomic E-state index is -3.20. The third kappa shape index (κ3) is 4.73. The van der Waals surface area contributed by atoms with Crippen LogP contribution < -0.4 is 10.6 Å². The van der Waals surface area contributed by atoms with E-state index in [0.717, 1.165) is 32.1 Å². The lowest BCUT2D eigenvalue weighted by Crippen LogP contribution is -2.52. The second-order valence-electron chi connectivity index (χ2n) is 7.10. The third-order valence-electron chi connectivity index (χ3n) is 5.19. The Labute approximate surface area is 150 Å². The van der Waals surface area contributed by atoms with Gasteiger partial charge in [-0.15, -0.1) is 0 Å². The molecule has 7 heteroatoms. The van der Waals surface area contributed by atoms with Crippen molar-refractivity contribution in [2.75, 3.05) is 25.9 Å². The highest BCUT2D eigenvalue weighted by atomic mass is 32.2. The van der Waals surface area contributed by atoms with E-state index in [2.05, 4.69) is 34.9 Å².